The number of hydrogen-bond acceptors (Lipinski definition) is 4. The summed E-state index contributed by atoms with van der Waals surface area (Å²) in [6.07, 6.45) is 19.1. The van der Waals surface area contributed by atoms with Gasteiger partial charge in [-0.15, -0.1) is 0 Å². The lowest BCUT2D eigenvalue weighted by Gasteiger charge is -2.14. The van der Waals surface area contributed by atoms with Gasteiger partial charge < -0.3 is 15.2 Å². The van der Waals surface area contributed by atoms with Crippen molar-refractivity contribution in [2.24, 2.45) is 0 Å². The van der Waals surface area contributed by atoms with Crippen LogP contribution in [0.3, 0.4) is 0 Å². The lowest BCUT2D eigenvalue weighted by Crippen LogP contribution is -2.21. The van der Waals surface area contributed by atoms with Crippen LogP contribution in [0, 0.1) is 6.92 Å². The van der Waals surface area contributed by atoms with Crippen LogP contribution in [0.15, 0.2) is 85.4 Å². The van der Waals surface area contributed by atoms with Gasteiger partial charge in [-0.05, 0) is 74.9 Å². The van der Waals surface area contributed by atoms with Crippen molar-refractivity contribution < 1.29 is 0 Å². The van der Waals surface area contributed by atoms with E-state index in [-0.39, 0.29) is 0 Å². The topological polar surface area (TPSA) is 72.6 Å². The van der Waals surface area contributed by atoms with E-state index in [1.807, 2.05) is 46.3 Å². The monoisotopic (exact) mass is 534 g/mol. The van der Waals surface area contributed by atoms with E-state index in [0.29, 0.717) is 0 Å². The van der Waals surface area contributed by atoms with Crippen LogP contribution in [0.1, 0.15) is 44.0 Å². The minimum absolute atomic E-state index is 0.754. The van der Waals surface area contributed by atoms with Crippen LogP contribution in [0.2, 0.25) is 0 Å². The van der Waals surface area contributed by atoms with E-state index in [9.17, 15) is 0 Å². The SMILES string of the molecule is C=C/C=C(/C1=CCC=C1)c1cc(-c2n[nH]/c(=C/C=C(\C)c3cncc(NC(=C)CN(C)C)c3)c2=C)[nH]c1C.CC. The highest BCUT2D eigenvalue weighted by Crippen LogP contribution is 2.32. The van der Waals surface area contributed by atoms with Gasteiger partial charge in [-0.25, -0.2) is 0 Å². The van der Waals surface area contributed by atoms with E-state index in [1.54, 1.807) is 6.20 Å². The summed E-state index contributed by atoms with van der Waals surface area (Å²) in [4.78, 5) is 9.96. The van der Waals surface area contributed by atoms with Crippen molar-refractivity contribution in [3.63, 3.8) is 0 Å². The van der Waals surface area contributed by atoms with Gasteiger partial charge in [0.1, 0.15) is 5.69 Å². The van der Waals surface area contributed by atoms with Gasteiger partial charge in [-0.1, -0.05) is 70.0 Å². The zero-order valence-corrected chi connectivity index (χ0v) is 24.7. The fourth-order valence-corrected chi connectivity index (χ4v) is 4.48. The van der Waals surface area contributed by atoms with E-state index in [0.717, 1.165) is 74.3 Å². The number of aromatic amines is 2. The quantitative estimate of drug-likeness (QED) is 0.264. The molecule has 3 heterocycles. The third-order valence-corrected chi connectivity index (χ3v) is 6.35. The highest BCUT2D eigenvalue weighted by atomic mass is 15.1. The number of likely N-dealkylation sites (N-methyl/N-ethyl adjacent to an activating group) is 1. The van der Waals surface area contributed by atoms with Crippen LogP contribution < -0.4 is 15.9 Å². The predicted molar refractivity (Wildman–Crippen MR) is 173 cm³/mol. The number of nitrogens with zero attached hydrogens (tertiary/aromatic N) is 3. The molecule has 0 spiro atoms. The van der Waals surface area contributed by atoms with Crippen LogP contribution in [0.4, 0.5) is 5.69 Å². The van der Waals surface area contributed by atoms with Crippen molar-refractivity contribution in [3.8, 4) is 11.4 Å². The molecule has 0 radical (unpaired) electrons. The van der Waals surface area contributed by atoms with E-state index in [1.165, 1.54) is 5.57 Å². The number of hydrogen-bond donors (Lipinski definition) is 3. The summed E-state index contributed by atoms with van der Waals surface area (Å²) in [5.41, 5.74) is 10.2. The smallest absolute Gasteiger partial charge is 0.116 e. The standard InChI is InChI=1S/C32H36N6.C2H6/c1-8-11-28(25-12-9-10-13-25)29-17-31(35-24(29)5)32-23(4)30(36-37-32)15-14-21(2)26-16-27(19-33-18-26)34-22(3)20-38(6)7;1-2/h8-9,11-19,34-36H,1,3-4,10,20H2,2,5-7H3;1-2H3/b21-14+,28-11-,30-15+;. The Balaban J connectivity index is 0.00000216. The normalized spacial score (nSPS) is 13.8. The first kappa shape index (κ1) is 30.1. The Labute approximate surface area is 238 Å². The van der Waals surface area contributed by atoms with Crippen molar-refractivity contribution in [1.29, 1.82) is 0 Å². The Hall–Kier alpha value is -4.42. The maximum atomic E-state index is 4.58. The lowest BCUT2D eigenvalue weighted by molar-refractivity contribution is 0.447. The van der Waals surface area contributed by atoms with Crippen molar-refractivity contribution in [2.75, 3.05) is 26.0 Å². The second kappa shape index (κ2) is 14.1. The van der Waals surface area contributed by atoms with Gasteiger partial charge in [0.05, 0.1) is 22.9 Å². The summed E-state index contributed by atoms with van der Waals surface area (Å²) in [5.74, 6) is 0. The number of aryl methyl sites for hydroxylation is 1. The highest BCUT2D eigenvalue weighted by molar-refractivity contribution is 5.86. The molecule has 0 aliphatic heterocycles. The molecular weight excluding hydrogens is 492 g/mol. The first-order valence-electron chi connectivity index (χ1n) is 13.6. The molecule has 6 heteroatoms. The predicted octanol–water partition coefficient (Wildman–Crippen LogP) is 6.37. The molecule has 0 saturated carbocycles. The van der Waals surface area contributed by atoms with E-state index >= 15 is 0 Å². The van der Waals surface area contributed by atoms with Crippen molar-refractivity contribution in [3.05, 3.63) is 113 Å². The summed E-state index contributed by atoms with van der Waals surface area (Å²) in [7, 11) is 4.03. The van der Waals surface area contributed by atoms with Crippen molar-refractivity contribution >= 4 is 29.5 Å². The van der Waals surface area contributed by atoms with Gasteiger partial charge in [0, 0.05) is 34.9 Å². The minimum atomic E-state index is 0.754. The molecule has 3 N–H and O–H groups in total. The first-order valence-corrected chi connectivity index (χ1v) is 13.6. The third kappa shape index (κ3) is 7.36. The molecule has 0 bridgehead atoms. The maximum absolute atomic E-state index is 4.58. The number of allylic oxidation sites excluding steroid dienone is 9. The highest BCUT2D eigenvalue weighted by Gasteiger charge is 2.15. The average molecular weight is 535 g/mol. The summed E-state index contributed by atoms with van der Waals surface area (Å²) >= 11 is 0. The van der Waals surface area contributed by atoms with Gasteiger partial charge in [-0.3, -0.25) is 10.1 Å². The largest absolute Gasteiger partial charge is 0.357 e. The summed E-state index contributed by atoms with van der Waals surface area (Å²) in [6, 6.07) is 4.21. The molecular formula is C34H42N6. The van der Waals surface area contributed by atoms with Crippen LogP contribution in [0.25, 0.3) is 35.2 Å². The van der Waals surface area contributed by atoms with Crippen LogP contribution >= 0.6 is 0 Å². The summed E-state index contributed by atoms with van der Waals surface area (Å²) < 4.78 is 0. The molecule has 1 aliphatic rings. The summed E-state index contributed by atoms with van der Waals surface area (Å²) in [5, 5.41) is 12.8. The molecule has 0 atom stereocenters. The Morgan fingerprint density at radius 3 is 2.62 bits per heavy atom. The zero-order chi connectivity index (χ0) is 29.2. The van der Waals surface area contributed by atoms with Gasteiger partial charge in [-0.2, -0.15) is 5.10 Å². The summed E-state index contributed by atoms with van der Waals surface area (Å²) in [6.45, 7) is 21.2. The molecule has 0 fully saturated rings. The van der Waals surface area contributed by atoms with Gasteiger partial charge in [0.15, 0.2) is 0 Å². The molecule has 4 rings (SSSR count). The van der Waals surface area contributed by atoms with Gasteiger partial charge in [0.2, 0.25) is 0 Å². The Kier molecular flexibility index (Phi) is 10.6. The van der Waals surface area contributed by atoms with E-state index in [4.69, 9.17) is 0 Å². The van der Waals surface area contributed by atoms with Crippen molar-refractivity contribution in [1.82, 2.24) is 25.1 Å². The number of anilines is 1. The average Bonchev–Trinajstić information content (AvgIpc) is 3.67. The number of H-pyrrole nitrogens is 2. The fraction of sp³-hybridized carbons (Fsp3) is 0.235. The van der Waals surface area contributed by atoms with Gasteiger partial charge in [0.25, 0.3) is 0 Å². The lowest BCUT2D eigenvalue weighted by atomic mass is 9.98. The Morgan fingerprint density at radius 1 is 1.18 bits per heavy atom. The second-order valence-electron chi connectivity index (χ2n) is 9.74. The molecule has 1 aliphatic carbocycles. The number of nitrogens with one attached hydrogen (secondary N) is 3. The zero-order valence-electron chi connectivity index (χ0n) is 24.7. The Bertz CT molecular complexity index is 1590. The van der Waals surface area contributed by atoms with Crippen LogP contribution in [-0.2, 0) is 0 Å². The Morgan fingerprint density at radius 2 is 1.95 bits per heavy atom. The van der Waals surface area contributed by atoms with Gasteiger partial charge >= 0.3 is 0 Å². The van der Waals surface area contributed by atoms with Crippen LogP contribution in [-0.4, -0.2) is 45.7 Å². The molecule has 0 aromatic carbocycles. The number of aromatic nitrogens is 4. The molecule has 208 valence electrons. The fourth-order valence-electron chi connectivity index (χ4n) is 4.48. The molecule has 0 unspecified atom stereocenters. The molecule has 40 heavy (non-hydrogen) atoms. The number of pyridine rings is 1. The second-order valence-corrected chi connectivity index (χ2v) is 9.74. The van der Waals surface area contributed by atoms with E-state index < -0.39 is 0 Å². The van der Waals surface area contributed by atoms with E-state index in [2.05, 4.69) is 106 Å². The third-order valence-electron chi connectivity index (χ3n) is 6.35. The molecule has 6 nitrogen and oxygen atoms in total. The molecule has 3 aromatic heterocycles. The number of rotatable bonds is 10. The first-order chi connectivity index (χ1) is 19.3. The molecule has 0 amide bonds. The maximum Gasteiger partial charge on any atom is 0.116 e. The molecule has 3 aromatic rings. The molecule has 0 saturated heterocycles. The van der Waals surface area contributed by atoms with Crippen molar-refractivity contribution in [2.45, 2.75) is 34.1 Å². The minimum Gasteiger partial charge on any atom is -0.357 e. The van der Waals surface area contributed by atoms with Crippen LogP contribution in [0.5, 0.6) is 0 Å².